The van der Waals surface area contributed by atoms with E-state index in [9.17, 15) is 14.4 Å². The van der Waals surface area contributed by atoms with Crippen LogP contribution in [0.15, 0.2) is 0 Å². The largest absolute Gasteiger partial charge is 0.480 e. The minimum atomic E-state index is -1.32. The Morgan fingerprint density at radius 2 is 1.89 bits per heavy atom. The van der Waals surface area contributed by atoms with Crippen molar-refractivity contribution in [2.45, 2.75) is 38.8 Å². The molecule has 0 aliphatic heterocycles. The molecule has 0 heterocycles. The number of hydrogen-bond donors (Lipinski definition) is 3. The summed E-state index contributed by atoms with van der Waals surface area (Å²) in [5, 5.41) is 11.1. The van der Waals surface area contributed by atoms with Crippen LogP contribution in [-0.4, -0.2) is 42.1 Å². The zero-order chi connectivity index (χ0) is 14.3. The highest BCUT2D eigenvalue weighted by Crippen LogP contribution is 2.04. The van der Waals surface area contributed by atoms with Gasteiger partial charge in [-0.3, -0.25) is 9.59 Å². The minimum absolute atomic E-state index is 0.217. The fraction of sp³-hybridized carbons (Fsp3) is 0.727. The molecule has 0 radical (unpaired) electrons. The first kappa shape index (κ1) is 16.4. The van der Waals surface area contributed by atoms with Crippen molar-refractivity contribution in [3.05, 3.63) is 0 Å². The summed E-state index contributed by atoms with van der Waals surface area (Å²) in [6.07, 6.45) is 0.0162. The van der Waals surface area contributed by atoms with Gasteiger partial charge in [-0.25, -0.2) is 4.79 Å². The highest BCUT2D eigenvalue weighted by molar-refractivity contribution is 5.89. The molecular formula is C11H20N2O5. The van der Waals surface area contributed by atoms with E-state index in [1.165, 1.54) is 0 Å². The van der Waals surface area contributed by atoms with Gasteiger partial charge in [-0.1, -0.05) is 13.8 Å². The molecule has 4 N–H and O–H groups in total. The summed E-state index contributed by atoms with van der Waals surface area (Å²) in [5.41, 5.74) is 5.61. The number of esters is 1. The van der Waals surface area contributed by atoms with Crippen molar-refractivity contribution in [3.8, 4) is 0 Å². The monoisotopic (exact) mass is 260 g/mol. The van der Waals surface area contributed by atoms with E-state index in [0.717, 1.165) is 7.11 Å². The molecule has 2 atom stereocenters. The van der Waals surface area contributed by atoms with Crippen LogP contribution < -0.4 is 11.1 Å². The number of hydrogen-bond acceptors (Lipinski definition) is 5. The Balaban J connectivity index is 4.45. The molecule has 7 nitrogen and oxygen atoms in total. The number of amides is 1. The topological polar surface area (TPSA) is 119 Å². The predicted molar refractivity (Wildman–Crippen MR) is 63.6 cm³/mol. The van der Waals surface area contributed by atoms with Gasteiger partial charge in [-0.05, 0) is 12.3 Å². The lowest BCUT2D eigenvalue weighted by atomic mass is 10.0. The van der Waals surface area contributed by atoms with Crippen LogP contribution in [0.25, 0.3) is 0 Å². The molecule has 0 bridgehead atoms. The number of carboxylic acids is 1. The number of carbonyl (C=O) groups is 3. The van der Waals surface area contributed by atoms with E-state index in [4.69, 9.17) is 10.8 Å². The van der Waals surface area contributed by atoms with Crippen molar-refractivity contribution in [2.24, 2.45) is 11.7 Å². The zero-order valence-corrected chi connectivity index (χ0v) is 10.8. The maximum absolute atomic E-state index is 11.6. The zero-order valence-electron chi connectivity index (χ0n) is 10.8. The Hall–Kier alpha value is -1.63. The van der Waals surface area contributed by atoms with Gasteiger partial charge in [0.2, 0.25) is 5.91 Å². The van der Waals surface area contributed by atoms with E-state index < -0.39 is 36.4 Å². The van der Waals surface area contributed by atoms with Gasteiger partial charge < -0.3 is 20.9 Å². The van der Waals surface area contributed by atoms with E-state index in [0.29, 0.717) is 6.42 Å². The second-order valence-corrected chi connectivity index (χ2v) is 4.42. The molecule has 0 unspecified atom stereocenters. The van der Waals surface area contributed by atoms with Crippen molar-refractivity contribution in [1.29, 1.82) is 0 Å². The van der Waals surface area contributed by atoms with E-state index in [1.807, 2.05) is 13.8 Å². The molecule has 0 aliphatic carbocycles. The van der Waals surface area contributed by atoms with Gasteiger partial charge >= 0.3 is 11.9 Å². The molecule has 0 aromatic heterocycles. The number of aliphatic carboxylic acids is 1. The smallest absolute Gasteiger partial charge is 0.326 e. The van der Waals surface area contributed by atoms with Crippen LogP contribution in [0.3, 0.4) is 0 Å². The third-order valence-corrected chi connectivity index (χ3v) is 2.28. The molecule has 0 spiro atoms. The lowest BCUT2D eigenvalue weighted by Crippen LogP contribution is -2.49. The molecule has 0 saturated heterocycles. The Morgan fingerprint density at radius 3 is 2.28 bits per heavy atom. The summed E-state index contributed by atoms with van der Waals surface area (Å²) >= 11 is 0. The maximum atomic E-state index is 11.6. The highest BCUT2D eigenvalue weighted by Gasteiger charge is 2.26. The average Bonchev–Trinajstić information content (AvgIpc) is 2.26. The van der Waals surface area contributed by atoms with Gasteiger partial charge in [0, 0.05) is 0 Å². The molecule has 0 rings (SSSR count). The maximum Gasteiger partial charge on any atom is 0.326 e. The van der Waals surface area contributed by atoms with Crippen LogP contribution >= 0.6 is 0 Å². The standard InChI is InChI=1S/C11H20N2O5/c1-6(2)4-7(12)10(15)13-8(11(16)17)5-9(14)18-3/h6-8H,4-5,12H2,1-3H3,(H,13,15)(H,16,17)/t7-,8+/m1/s1. The van der Waals surface area contributed by atoms with Crippen LogP contribution in [0, 0.1) is 5.92 Å². The lowest BCUT2D eigenvalue weighted by Gasteiger charge is -2.18. The highest BCUT2D eigenvalue weighted by atomic mass is 16.5. The number of carboxylic acid groups (broad SMARTS) is 1. The van der Waals surface area contributed by atoms with Crippen LogP contribution in [-0.2, 0) is 19.1 Å². The Morgan fingerprint density at radius 1 is 1.33 bits per heavy atom. The minimum Gasteiger partial charge on any atom is -0.480 e. The van der Waals surface area contributed by atoms with Crippen molar-refractivity contribution in [3.63, 3.8) is 0 Å². The second-order valence-electron chi connectivity index (χ2n) is 4.42. The molecular weight excluding hydrogens is 240 g/mol. The molecule has 0 fully saturated rings. The van der Waals surface area contributed by atoms with E-state index in [1.54, 1.807) is 0 Å². The Labute approximate surface area is 106 Å². The van der Waals surface area contributed by atoms with E-state index >= 15 is 0 Å². The number of nitrogens with one attached hydrogen (secondary N) is 1. The first-order chi connectivity index (χ1) is 8.27. The number of carbonyl (C=O) groups excluding carboxylic acids is 2. The molecule has 18 heavy (non-hydrogen) atoms. The van der Waals surface area contributed by atoms with Gasteiger partial charge in [0.15, 0.2) is 0 Å². The Bertz CT molecular complexity index is 317. The second kappa shape index (κ2) is 7.65. The molecule has 0 saturated carbocycles. The van der Waals surface area contributed by atoms with E-state index in [2.05, 4.69) is 10.1 Å². The number of ether oxygens (including phenoxy) is 1. The summed E-state index contributed by atoms with van der Waals surface area (Å²) in [5.74, 6) is -2.37. The third kappa shape index (κ3) is 6.19. The van der Waals surface area contributed by atoms with Gasteiger partial charge in [0.25, 0.3) is 0 Å². The van der Waals surface area contributed by atoms with Crippen molar-refractivity contribution in [1.82, 2.24) is 5.32 Å². The van der Waals surface area contributed by atoms with Crippen molar-refractivity contribution < 1.29 is 24.2 Å². The first-order valence-electron chi connectivity index (χ1n) is 5.63. The number of nitrogens with two attached hydrogens (primary N) is 1. The van der Waals surface area contributed by atoms with Gasteiger partial charge in [0.1, 0.15) is 6.04 Å². The first-order valence-corrected chi connectivity index (χ1v) is 5.63. The van der Waals surface area contributed by atoms with E-state index in [-0.39, 0.29) is 5.92 Å². The summed E-state index contributed by atoms with van der Waals surface area (Å²) in [7, 11) is 1.15. The van der Waals surface area contributed by atoms with Crippen molar-refractivity contribution >= 4 is 17.8 Å². The van der Waals surface area contributed by atoms with Gasteiger partial charge in [-0.2, -0.15) is 0 Å². The summed E-state index contributed by atoms with van der Waals surface area (Å²) in [6, 6.07) is -2.10. The SMILES string of the molecule is COC(=O)C[C@H](NC(=O)[C@H](N)CC(C)C)C(=O)O. The molecule has 7 heteroatoms. The number of methoxy groups -OCH3 is 1. The summed E-state index contributed by atoms with van der Waals surface area (Å²) < 4.78 is 4.35. The van der Waals surface area contributed by atoms with Crippen LogP contribution in [0.4, 0.5) is 0 Å². The normalized spacial score (nSPS) is 13.8. The van der Waals surface area contributed by atoms with Crippen molar-refractivity contribution in [2.75, 3.05) is 7.11 Å². The summed E-state index contributed by atoms with van der Waals surface area (Å²) in [6.45, 7) is 3.80. The molecule has 0 aromatic rings. The van der Waals surface area contributed by atoms with Gasteiger partial charge in [0.05, 0.1) is 19.6 Å². The van der Waals surface area contributed by atoms with Crippen LogP contribution in [0.2, 0.25) is 0 Å². The third-order valence-electron chi connectivity index (χ3n) is 2.28. The molecule has 0 aliphatic rings. The predicted octanol–water partition coefficient (Wildman–Crippen LogP) is -0.508. The fourth-order valence-corrected chi connectivity index (χ4v) is 1.34. The average molecular weight is 260 g/mol. The molecule has 0 aromatic carbocycles. The van der Waals surface area contributed by atoms with Crippen LogP contribution in [0.1, 0.15) is 26.7 Å². The molecule has 1 amide bonds. The fourth-order valence-electron chi connectivity index (χ4n) is 1.34. The number of rotatable bonds is 7. The molecule has 104 valence electrons. The summed E-state index contributed by atoms with van der Waals surface area (Å²) in [4.78, 5) is 33.5. The van der Waals surface area contributed by atoms with Gasteiger partial charge in [-0.15, -0.1) is 0 Å². The lowest BCUT2D eigenvalue weighted by molar-refractivity contribution is -0.148. The van der Waals surface area contributed by atoms with Crippen LogP contribution in [0.5, 0.6) is 0 Å². The Kier molecular flexibility index (Phi) is 6.96. The quantitative estimate of drug-likeness (QED) is 0.530.